The topological polar surface area (TPSA) is 26.3 Å². The van der Waals surface area contributed by atoms with Crippen molar-refractivity contribution >= 4 is 5.97 Å². The Balaban J connectivity index is 2.16. The Morgan fingerprint density at radius 3 is 2.93 bits per heavy atom. The second-order valence-electron chi connectivity index (χ2n) is 5.14. The molecule has 0 unspecified atom stereocenters. The van der Waals surface area contributed by atoms with E-state index in [0.29, 0.717) is 5.92 Å². The van der Waals surface area contributed by atoms with Crippen LogP contribution in [0.5, 0.6) is 0 Å². The highest BCUT2D eigenvalue weighted by molar-refractivity contribution is 5.66. The number of ether oxygens (including phenoxy) is 1. The molecule has 2 nitrogen and oxygen atoms in total. The number of hydrogen-bond donors (Lipinski definition) is 0. The van der Waals surface area contributed by atoms with Gasteiger partial charge in [0.15, 0.2) is 0 Å². The van der Waals surface area contributed by atoms with Gasteiger partial charge in [0.05, 0.1) is 0 Å². The quantitative estimate of drug-likeness (QED) is 0.489. The van der Waals surface area contributed by atoms with Crippen molar-refractivity contribution in [3.63, 3.8) is 0 Å². The molecule has 15 heavy (non-hydrogen) atoms. The van der Waals surface area contributed by atoms with Crippen molar-refractivity contribution in [2.75, 3.05) is 0 Å². The summed E-state index contributed by atoms with van der Waals surface area (Å²) in [5.41, 5.74) is 0.193. The number of allylic oxidation sites excluding steroid dienone is 2. The average molecular weight is 208 g/mol. The van der Waals surface area contributed by atoms with Crippen LogP contribution in [0.4, 0.5) is 0 Å². The lowest BCUT2D eigenvalue weighted by molar-refractivity contribution is -0.160. The van der Waals surface area contributed by atoms with E-state index in [4.69, 9.17) is 4.74 Å². The molecule has 2 aliphatic rings. The smallest absolute Gasteiger partial charge is 0.302 e. The minimum absolute atomic E-state index is 0.128. The van der Waals surface area contributed by atoms with Crippen LogP contribution in [0.25, 0.3) is 0 Å². The first-order valence-electron chi connectivity index (χ1n) is 5.95. The number of fused-ring (bicyclic) bond motifs is 1. The van der Waals surface area contributed by atoms with Crippen LogP contribution >= 0.6 is 0 Å². The molecule has 3 atom stereocenters. The van der Waals surface area contributed by atoms with Crippen LogP contribution in [0.3, 0.4) is 0 Å². The molecule has 0 aromatic rings. The Morgan fingerprint density at radius 2 is 2.20 bits per heavy atom. The van der Waals surface area contributed by atoms with E-state index < -0.39 is 0 Å². The third-order valence-corrected chi connectivity index (χ3v) is 4.14. The van der Waals surface area contributed by atoms with E-state index >= 15 is 0 Å². The zero-order valence-corrected chi connectivity index (χ0v) is 9.66. The molecule has 0 N–H and O–H groups in total. The Kier molecular flexibility index (Phi) is 2.85. The van der Waals surface area contributed by atoms with E-state index in [9.17, 15) is 4.79 Å². The van der Waals surface area contributed by atoms with E-state index in [2.05, 4.69) is 19.1 Å². The number of hydrogen-bond acceptors (Lipinski definition) is 2. The van der Waals surface area contributed by atoms with Crippen molar-refractivity contribution in [2.24, 2.45) is 11.3 Å². The van der Waals surface area contributed by atoms with Gasteiger partial charge in [0.1, 0.15) is 6.10 Å². The van der Waals surface area contributed by atoms with Crippen molar-refractivity contribution in [3.05, 3.63) is 12.2 Å². The van der Waals surface area contributed by atoms with Gasteiger partial charge in [0.2, 0.25) is 0 Å². The normalized spacial score (nSPS) is 39.6. The van der Waals surface area contributed by atoms with Gasteiger partial charge >= 0.3 is 5.97 Å². The molecule has 0 aromatic carbocycles. The third kappa shape index (κ3) is 1.95. The summed E-state index contributed by atoms with van der Waals surface area (Å²) in [5.74, 6) is 0.581. The summed E-state index contributed by atoms with van der Waals surface area (Å²) in [5, 5.41) is 0. The van der Waals surface area contributed by atoms with Crippen LogP contribution in [0.15, 0.2) is 12.2 Å². The predicted molar refractivity (Wildman–Crippen MR) is 59.4 cm³/mol. The van der Waals surface area contributed by atoms with E-state index in [-0.39, 0.29) is 17.5 Å². The van der Waals surface area contributed by atoms with Crippen molar-refractivity contribution in [1.29, 1.82) is 0 Å². The Hall–Kier alpha value is -0.790. The summed E-state index contributed by atoms with van der Waals surface area (Å²) < 4.78 is 5.49. The molecule has 2 rings (SSSR count). The predicted octanol–water partition coefficient (Wildman–Crippen LogP) is 3.07. The van der Waals surface area contributed by atoms with Gasteiger partial charge in [0, 0.05) is 12.3 Å². The second kappa shape index (κ2) is 3.99. The van der Waals surface area contributed by atoms with E-state index in [1.807, 2.05) is 0 Å². The number of carbonyl (C=O) groups excluding carboxylic acids is 1. The fraction of sp³-hybridized carbons (Fsp3) is 0.769. The molecule has 0 aromatic heterocycles. The summed E-state index contributed by atoms with van der Waals surface area (Å²) >= 11 is 0. The zero-order valence-electron chi connectivity index (χ0n) is 9.66. The van der Waals surface area contributed by atoms with Gasteiger partial charge in [-0.2, -0.15) is 0 Å². The molecule has 2 aliphatic carbocycles. The molecule has 2 heteroatoms. The van der Waals surface area contributed by atoms with Crippen molar-refractivity contribution in [3.8, 4) is 0 Å². The third-order valence-electron chi connectivity index (χ3n) is 4.14. The largest absolute Gasteiger partial charge is 0.462 e. The van der Waals surface area contributed by atoms with Crippen LogP contribution in [0.2, 0.25) is 0 Å². The summed E-state index contributed by atoms with van der Waals surface area (Å²) in [6.45, 7) is 3.81. The molecular weight excluding hydrogens is 188 g/mol. The molecule has 0 amide bonds. The van der Waals surface area contributed by atoms with Crippen LogP contribution < -0.4 is 0 Å². The summed E-state index contributed by atoms with van der Waals surface area (Å²) in [6, 6.07) is 0. The first-order chi connectivity index (χ1) is 7.13. The fourth-order valence-corrected chi connectivity index (χ4v) is 3.15. The van der Waals surface area contributed by atoms with Crippen molar-refractivity contribution < 1.29 is 9.53 Å². The highest BCUT2D eigenvalue weighted by Crippen LogP contribution is 2.49. The van der Waals surface area contributed by atoms with Crippen molar-refractivity contribution in [2.45, 2.75) is 52.1 Å². The van der Waals surface area contributed by atoms with Gasteiger partial charge in [-0.1, -0.05) is 19.1 Å². The fourth-order valence-electron chi connectivity index (χ4n) is 3.15. The van der Waals surface area contributed by atoms with Gasteiger partial charge in [0.25, 0.3) is 0 Å². The number of carbonyl (C=O) groups is 1. The maximum atomic E-state index is 11.1. The maximum Gasteiger partial charge on any atom is 0.302 e. The standard InChI is InChI=1S/C13H20O2/c1-10(14)15-12-8-5-7-11-6-3-4-9-13(11,12)2/h3-4,11-12H,5-9H2,1-2H3/t11-,12+,13-/m0/s1. The lowest BCUT2D eigenvalue weighted by atomic mass is 9.61. The molecule has 84 valence electrons. The van der Waals surface area contributed by atoms with Crippen LogP contribution in [-0.4, -0.2) is 12.1 Å². The molecule has 0 radical (unpaired) electrons. The van der Waals surface area contributed by atoms with Crippen molar-refractivity contribution in [1.82, 2.24) is 0 Å². The first kappa shape index (κ1) is 10.7. The van der Waals surface area contributed by atoms with Crippen LogP contribution in [0.1, 0.15) is 46.0 Å². The van der Waals surface area contributed by atoms with Gasteiger partial charge in [-0.3, -0.25) is 4.79 Å². The summed E-state index contributed by atoms with van der Waals surface area (Å²) in [7, 11) is 0. The molecule has 0 saturated heterocycles. The van der Waals surface area contributed by atoms with E-state index in [1.165, 1.54) is 19.8 Å². The summed E-state index contributed by atoms with van der Waals surface area (Å²) in [4.78, 5) is 11.1. The molecule has 0 spiro atoms. The van der Waals surface area contributed by atoms with E-state index in [1.54, 1.807) is 0 Å². The van der Waals surface area contributed by atoms with Crippen LogP contribution in [0, 0.1) is 11.3 Å². The minimum atomic E-state index is -0.128. The van der Waals surface area contributed by atoms with E-state index in [0.717, 1.165) is 19.3 Å². The van der Waals surface area contributed by atoms with Gasteiger partial charge in [-0.15, -0.1) is 0 Å². The zero-order chi connectivity index (χ0) is 10.9. The lowest BCUT2D eigenvalue weighted by Gasteiger charge is -2.47. The molecule has 1 saturated carbocycles. The Labute approximate surface area is 91.7 Å². The SMILES string of the molecule is CC(=O)O[C@@H]1CCC[C@@H]2CC=CC[C@@]21C. The molecule has 0 aliphatic heterocycles. The van der Waals surface area contributed by atoms with Crippen LogP contribution in [-0.2, 0) is 9.53 Å². The molecule has 0 bridgehead atoms. The molecule has 0 heterocycles. The first-order valence-corrected chi connectivity index (χ1v) is 5.95. The van der Waals surface area contributed by atoms with Gasteiger partial charge in [-0.05, 0) is 38.0 Å². The molecule has 1 fully saturated rings. The minimum Gasteiger partial charge on any atom is -0.462 e. The number of esters is 1. The second-order valence-corrected chi connectivity index (χ2v) is 5.14. The average Bonchev–Trinajstić information content (AvgIpc) is 2.18. The monoisotopic (exact) mass is 208 g/mol. The Bertz CT molecular complexity index is 282. The summed E-state index contributed by atoms with van der Waals surface area (Å²) in [6.07, 6.45) is 10.4. The number of rotatable bonds is 1. The van der Waals surface area contributed by atoms with Gasteiger partial charge in [-0.25, -0.2) is 0 Å². The lowest BCUT2D eigenvalue weighted by Crippen LogP contribution is -2.45. The maximum absolute atomic E-state index is 11.1. The van der Waals surface area contributed by atoms with Gasteiger partial charge < -0.3 is 4.74 Å². The Morgan fingerprint density at radius 1 is 1.40 bits per heavy atom. The molecular formula is C13H20O2. The highest BCUT2D eigenvalue weighted by Gasteiger charge is 2.45. The highest BCUT2D eigenvalue weighted by atomic mass is 16.5.